The van der Waals surface area contributed by atoms with Crippen molar-refractivity contribution in [1.82, 2.24) is 0 Å². The lowest BCUT2D eigenvalue weighted by atomic mass is 9.76. The molecular formula is C14H17FO3. The van der Waals surface area contributed by atoms with E-state index in [0.29, 0.717) is 12.0 Å². The molecule has 0 amide bonds. The summed E-state index contributed by atoms with van der Waals surface area (Å²) in [5, 5.41) is 10.5. The number of esters is 1. The summed E-state index contributed by atoms with van der Waals surface area (Å²) >= 11 is 0. The second-order valence-electron chi connectivity index (χ2n) is 4.55. The molecule has 0 fully saturated rings. The smallest absolute Gasteiger partial charge is 0.344 e. The van der Waals surface area contributed by atoms with Crippen LogP contribution in [0.5, 0.6) is 0 Å². The first kappa shape index (κ1) is 13.0. The van der Waals surface area contributed by atoms with Crippen LogP contribution in [0.25, 0.3) is 0 Å². The standard InChI is InChI=1S/C14H17FO3/c1-2-18-13(16)12(15)14(17)9-5-7-10-6-3-4-8-11(10)14/h3-4,6,8,12,17H,2,5,7,9H2,1H3/t12?,14-/m0/s1. The van der Waals surface area contributed by atoms with Gasteiger partial charge in [-0.05, 0) is 37.3 Å². The van der Waals surface area contributed by atoms with Crippen LogP contribution in [0.15, 0.2) is 24.3 Å². The van der Waals surface area contributed by atoms with Crippen molar-refractivity contribution in [1.29, 1.82) is 0 Å². The zero-order valence-corrected chi connectivity index (χ0v) is 10.4. The van der Waals surface area contributed by atoms with Crippen molar-refractivity contribution in [3.8, 4) is 0 Å². The second-order valence-corrected chi connectivity index (χ2v) is 4.55. The number of hydrogen-bond donors (Lipinski definition) is 1. The van der Waals surface area contributed by atoms with Gasteiger partial charge in [-0.1, -0.05) is 24.3 Å². The van der Waals surface area contributed by atoms with Gasteiger partial charge in [0.15, 0.2) is 0 Å². The molecule has 2 atom stereocenters. The van der Waals surface area contributed by atoms with E-state index in [-0.39, 0.29) is 13.0 Å². The molecule has 0 bridgehead atoms. The molecule has 0 heterocycles. The van der Waals surface area contributed by atoms with Crippen LogP contribution in [-0.4, -0.2) is 23.9 Å². The van der Waals surface area contributed by atoms with E-state index in [1.807, 2.05) is 12.1 Å². The van der Waals surface area contributed by atoms with E-state index < -0.39 is 17.7 Å². The van der Waals surface area contributed by atoms with E-state index >= 15 is 0 Å². The molecule has 3 nitrogen and oxygen atoms in total. The minimum atomic E-state index is -2.03. The third kappa shape index (κ3) is 2.12. The van der Waals surface area contributed by atoms with Gasteiger partial charge in [-0.3, -0.25) is 0 Å². The maximum atomic E-state index is 14.2. The molecule has 1 aliphatic carbocycles. The summed E-state index contributed by atoms with van der Waals surface area (Å²) in [6, 6.07) is 7.13. The summed E-state index contributed by atoms with van der Waals surface area (Å²) in [6.07, 6.45) is -0.329. The minimum Gasteiger partial charge on any atom is -0.464 e. The van der Waals surface area contributed by atoms with Gasteiger partial charge >= 0.3 is 5.97 Å². The summed E-state index contributed by atoms with van der Waals surface area (Å²) in [5.41, 5.74) is -0.337. The number of hydrogen-bond acceptors (Lipinski definition) is 3. The number of halogens is 1. The minimum absolute atomic E-state index is 0.108. The van der Waals surface area contributed by atoms with Gasteiger partial charge in [-0.2, -0.15) is 0 Å². The van der Waals surface area contributed by atoms with Crippen LogP contribution in [0.3, 0.4) is 0 Å². The molecule has 2 rings (SSSR count). The quantitative estimate of drug-likeness (QED) is 0.838. The largest absolute Gasteiger partial charge is 0.464 e. The summed E-state index contributed by atoms with van der Waals surface area (Å²) in [4.78, 5) is 11.5. The monoisotopic (exact) mass is 252 g/mol. The zero-order chi connectivity index (χ0) is 13.2. The van der Waals surface area contributed by atoms with Gasteiger partial charge < -0.3 is 9.84 Å². The molecule has 0 aliphatic heterocycles. The third-order valence-electron chi connectivity index (χ3n) is 3.40. The molecule has 0 radical (unpaired) electrons. The number of aryl methyl sites for hydroxylation is 1. The van der Waals surface area contributed by atoms with E-state index in [1.165, 1.54) is 0 Å². The summed E-state index contributed by atoms with van der Waals surface area (Å²) in [6.45, 7) is 1.72. The van der Waals surface area contributed by atoms with Crippen molar-refractivity contribution in [2.24, 2.45) is 0 Å². The first-order valence-electron chi connectivity index (χ1n) is 6.21. The molecule has 98 valence electrons. The SMILES string of the molecule is CCOC(=O)C(F)[C@]1(O)CCCc2ccccc21. The van der Waals surface area contributed by atoms with Crippen molar-refractivity contribution in [2.75, 3.05) is 6.61 Å². The van der Waals surface area contributed by atoms with E-state index in [9.17, 15) is 14.3 Å². The van der Waals surface area contributed by atoms with E-state index in [0.717, 1.165) is 12.0 Å². The Kier molecular flexibility index (Phi) is 3.66. The Hall–Kier alpha value is -1.42. The average Bonchev–Trinajstić information content (AvgIpc) is 2.39. The highest BCUT2D eigenvalue weighted by Crippen LogP contribution is 2.39. The molecule has 1 aromatic rings. The van der Waals surface area contributed by atoms with Crippen LogP contribution in [0, 0.1) is 0 Å². The van der Waals surface area contributed by atoms with Crippen LogP contribution in [-0.2, 0) is 21.6 Å². The highest BCUT2D eigenvalue weighted by molar-refractivity contribution is 5.76. The number of alkyl halides is 1. The fourth-order valence-electron chi connectivity index (χ4n) is 2.52. The van der Waals surface area contributed by atoms with Crippen molar-refractivity contribution >= 4 is 5.97 Å². The number of aliphatic hydroxyl groups is 1. The maximum Gasteiger partial charge on any atom is 0.344 e. The molecule has 1 aliphatic rings. The Morgan fingerprint density at radius 2 is 2.28 bits per heavy atom. The van der Waals surface area contributed by atoms with Crippen molar-refractivity contribution < 1.29 is 19.0 Å². The van der Waals surface area contributed by atoms with Gasteiger partial charge in [0.25, 0.3) is 0 Å². The lowest BCUT2D eigenvalue weighted by Crippen LogP contribution is -2.45. The number of benzene rings is 1. The molecule has 0 spiro atoms. The van der Waals surface area contributed by atoms with Gasteiger partial charge in [0.1, 0.15) is 5.60 Å². The Morgan fingerprint density at radius 1 is 1.56 bits per heavy atom. The third-order valence-corrected chi connectivity index (χ3v) is 3.40. The first-order valence-corrected chi connectivity index (χ1v) is 6.21. The molecular weight excluding hydrogens is 235 g/mol. The van der Waals surface area contributed by atoms with Crippen molar-refractivity contribution in [3.05, 3.63) is 35.4 Å². The Bertz CT molecular complexity index is 446. The van der Waals surface area contributed by atoms with Crippen LogP contribution in [0.1, 0.15) is 30.9 Å². The van der Waals surface area contributed by atoms with Crippen LogP contribution < -0.4 is 0 Å². The van der Waals surface area contributed by atoms with Gasteiger partial charge in [0.2, 0.25) is 6.17 Å². The number of fused-ring (bicyclic) bond motifs is 1. The molecule has 18 heavy (non-hydrogen) atoms. The fourth-order valence-corrected chi connectivity index (χ4v) is 2.52. The predicted molar refractivity (Wildman–Crippen MR) is 64.8 cm³/mol. The number of ether oxygens (including phenoxy) is 1. The molecule has 0 saturated carbocycles. The van der Waals surface area contributed by atoms with Crippen LogP contribution in [0.2, 0.25) is 0 Å². The highest BCUT2D eigenvalue weighted by atomic mass is 19.1. The average molecular weight is 252 g/mol. The lowest BCUT2D eigenvalue weighted by Gasteiger charge is -2.35. The van der Waals surface area contributed by atoms with Crippen molar-refractivity contribution in [2.45, 2.75) is 38.0 Å². The van der Waals surface area contributed by atoms with Crippen molar-refractivity contribution in [3.63, 3.8) is 0 Å². The molecule has 0 aromatic heterocycles. The Balaban J connectivity index is 2.34. The van der Waals surface area contributed by atoms with E-state index in [4.69, 9.17) is 0 Å². The lowest BCUT2D eigenvalue weighted by molar-refractivity contribution is -0.163. The summed E-state index contributed by atoms with van der Waals surface area (Å²) in [7, 11) is 0. The Morgan fingerprint density at radius 3 is 3.00 bits per heavy atom. The molecule has 1 N–H and O–H groups in total. The molecule has 4 heteroatoms. The molecule has 1 aromatic carbocycles. The van der Waals surface area contributed by atoms with Gasteiger partial charge in [0.05, 0.1) is 6.61 Å². The molecule has 0 saturated heterocycles. The summed E-state index contributed by atoms with van der Waals surface area (Å²) in [5.74, 6) is -0.989. The number of rotatable bonds is 3. The van der Waals surface area contributed by atoms with Crippen LogP contribution >= 0.6 is 0 Å². The van der Waals surface area contributed by atoms with E-state index in [1.54, 1.807) is 19.1 Å². The fraction of sp³-hybridized carbons (Fsp3) is 0.500. The normalized spacial score (nSPS) is 24.2. The zero-order valence-electron chi connectivity index (χ0n) is 10.4. The second kappa shape index (κ2) is 5.06. The topological polar surface area (TPSA) is 46.5 Å². The number of carbonyl (C=O) groups is 1. The van der Waals surface area contributed by atoms with Gasteiger partial charge in [0, 0.05) is 0 Å². The molecule has 1 unspecified atom stereocenters. The number of carbonyl (C=O) groups excluding carboxylic acids is 1. The maximum absolute atomic E-state index is 14.2. The van der Waals surface area contributed by atoms with Gasteiger partial charge in [-0.25, -0.2) is 9.18 Å². The highest BCUT2D eigenvalue weighted by Gasteiger charge is 2.46. The predicted octanol–water partition coefficient (Wildman–Crippen LogP) is 2.11. The summed E-state index contributed by atoms with van der Waals surface area (Å²) < 4.78 is 18.9. The van der Waals surface area contributed by atoms with E-state index in [2.05, 4.69) is 4.74 Å². The Labute approximate surface area is 106 Å². The van der Waals surface area contributed by atoms with Gasteiger partial charge in [-0.15, -0.1) is 0 Å². The first-order chi connectivity index (χ1) is 8.59. The van der Waals surface area contributed by atoms with Crippen LogP contribution in [0.4, 0.5) is 4.39 Å².